The molecule has 1 aliphatic heterocycles. The van der Waals surface area contributed by atoms with E-state index in [1.165, 1.54) is 16.7 Å². The average Bonchev–Trinajstić information content (AvgIpc) is 2.76. The second-order valence-electron chi connectivity index (χ2n) is 7.33. The molecule has 0 spiro atoms. The van der Waals surface area contributed by atoms with Gasteiger partial charge in [-0.3, -0.25) is 19.1 Å². The van der Waals surface area contributed by atoms with Crippen LogP contribution < -0.4 is 16.6 Å². The van der Waals surface area contributed by atoms with Gasteiger partial charge in [0.1, 0.15) is 24.1 Å². The molecule has 1 amide bonds. The van der Waals surface area contributed by atoms with Crippen molar-refractivity contribution in [2.45, 2.75) is 30.9 Å². The van der Waals surface area contributed by atoms with E-state index in [1.54, 1.807) is 24.3 Å². The van der Waals surface area contributed by atoms with E-state index in [1.807, 2.05) is 0 Å². The van der Waals surface area contributed by atoms with Crippen molar-refractivity contribution in [2.75, 3.05) is 6.61 Å². The number of H-pyrrole nitrogens is 1. The summed E-state index contributed by atoms with van der Waals surface area (Å²) in [5, 5.41) is 23.9. The fraction of sp³-hybridized carbons (Fsp3) is 0.286. The van der Waals surface area contributed by atoms with Gasteiger partial charge in [-0.05, 0) is 36.4 Å². The van der Waals surface area contributed by atoms with E-state index in [9.17, 15) is 29.0 Å². The Morgan fingerprint density at radius 3 is 2.58 bits per heavy atom. The van der Waals surface area contributed by atoms with Gasteiger partial charge in [0, 0.05) is 5.56 Å². The Morgan fingerprint density at radius 2 is 1.84 bits per heavy atom. The molecule has 1 fully saturated rings. The van der Waals surface area contributed by atoms with Crippen LogP contribution in [0, 0.1) is 5.82 Å². The number of hydrogen-bond acceptors (Lipinski definition) is 6. The standard InChI is InChI=1S/C21H20FN3O6/c22-12-7-5-11(6-8-12)19(28)23-14-10-31-16(18(27)17(14)26)9-25-15-4-2-1-3-13(15)20(29)24-21(25)30/h1-8,14,16-18,26-27H,9-10H2,(H,23,28)(H,24,29,30)/t14-,16-,17+,18-/m1/s1. The highest BCUT2D eigenvalue weighted by atomic mass is 19.1. The normalized spacial score (nSPS) is 23.6. The number of carbonyl (C=O) groups excluding carboxylic acids is 1. The van der Waals surface area contributed by atoms with Gasteiger partial charge in [-0.25, -0.2) is 9.18 Å². The highest BCUT2D eigenvalue weighted by Crippen LogP contribution is 2.19. The average molecular weight is 429 g/mol. The molecule has 162 valence electrons. The second kappa shape index (κ2) is 8.42. The number of fused-ring (bicyclic) bond motifs is 1. The van der Waals surface area contributed by atoms with Crippen LogP contribution in [0.5, 0.6) is 0 Å². The maximum atomic E-state index is 13.0. The highest BCUT2D eigenvalue weighted by Gasteiger charge is 2.39. The molecule has 2 heterocycles. The number of aromatic amines is 1. The number of nitrogens with zero attached hydrogens (tertiary/aromatic N) is 1. The van der Waals surface area contributed by atoms with E-state index in [0.29, 0.717) is 10.9 Å². The molecule has 0 bridgehead atoms. The summed E-state index contributed by atoms with van der Waals surface area (Å²) >= 11 is 0. The first-order valence-corrected chi connectivity index (χ1v) is 9.61. The number of hydrogen-bond donors (Lipinski definition) is 4. The molecule has 9 nitrogen and oxygen atoms in total. The summed E-state index contributed by atoms with van der Waals surface area (Å²) in [7, 11) is 0. The SMILES string of the molecule is O=C(N[C@@H]1CO[C@H](Cn2c(=O)[nH]c(=O)c3ccccc32)[C@@H](O)[C@H]1O)c1ccc(F)cc1. The van der Waals surface area contributed by atoms with Crippen LogP contribution in [-0.2, 0) is 11.3 Å². The lowest BCUT2D eigenvalue weighted by Crippen LogP contribution is -2.60. The number of aromatic nitrogens is 2. The van der Waals surface area contributed by atoms with Crippen LogP contribution in [-0.4, -0.2) is 56.6 Å². The topological polar surface area (TPSA) is 134 Å². The Hall–Kier alpha value is -3.34. The smallest absolute Gasteiger partial charge is 0.328 e. The molecular formula is C21H20FN3O6. The van der Waals surface area contributed by atoms with Gasteiger partial charge in [0.15, 0.2) is 0 Å². The molecule has 4 atom stereocenters. The van der Waals surface area contributed by atoms with Crippen molar-refractivity contribution < 1.29 is 24.1 Å². The Balaban J connectivity index is 1.50. The Kier molecular flexibility index (Phi) is 5.68. The minimum atomic E-state index is -1.41. The first-order valence-electron chi connectivity index (χ1n) is 9.61. The van der Waals surface area contributed by atoms with Gasteiger partial charge >= 0.3 is 5.69 Å². The zero-order valence-corrected chi connectivity index (χ0v) is 16.2. The maximum Gasteiger partial charge on any atom is 0.328 e. The summed E-state index contributed by atoms with van der Waals surface area (Å²) in [6, 6.07) is 10.5. The third-order valence-electron chi connectivity index (χ3n) is 5.32. The van der Waals surface area contributed by atoms with Gasteiger partial charge < -0.3 is 20.3 Å². The maximum absolute atomic E-state index is 13.0. The van der Waals surface area contributed by atoms with Crippen molar-refractivity contribution in [1.29, 1.82) is 0 Å². The predicted molar refractivity (Wildman–Crippen MR) is 108 cm³/mol. The number of carbonyl (C=O) groups is 1. The lowest BCUT2D eigenvalue weighted by atomic mass is 9.97. The monoisotopic (exact) mass is 429 g/mol. The first kappa shape index (κ1) is 20.9. The number of benzene rings is 2. The van der Waals surface area contributed by atoms with E-state index in [4.69, 9.17) is 4.74 Å². The summed E-state index contributed by atoms with van der Waals surface area (Å²) < 4.78 is 19.9. The third-order valence-corrected chi connectivity index (χ3v) is 5.32. The van der Waals surface area contributed by atoms with Gasteiger partial charge in [0.25, 0.3) is 11.5 Å². The minimum Gasteiger partial charge on any atom is -0.388 e. The predicted octanol–water partition coefficient (Wildman–Crippen LogP) is -0.252. The summed E-state index contributed by atoms with van der Waals surface area (Å²) in [5.41, 5.74) is -0.629. The molecule has 2 aromatic carbocycles. The Labute approximate surface area is 174 Å². The van der Waals surface area contributed by atoms with Crippen molar-refractivity contribution in [1.82, 2.24) is 14.9 Å². The third kappa shape index (κ3) is 4.13. The quantitative estimate of drug-likeness (QED) is 0.452. The van der Waals surface area contributed by atoms with Crippen molar-refractivity contribution in [3.63, 3.8) is 0 Å². The fourth-order valence-electron chi connectivity index (χ4n) is 3.63. The van der Waals surface area contributed by atoms with E-state index < -0.39 is 47.3 Å². The molecule has 0 saturated carbocycles. The molecule has 1 aliphatic rings. The number of rotatable bonds is 4. The van der Waals surface area contributed by atoms with Crippen LogP contribution in [0.25, 0.3) is 10.9 Å². The van der Waals surface area contributed by atoms with Gasteiger partial charge in [0.2, 0.25) is 0 Å². The van der Waals surface area contributed by atoms with Crippen LogP contribution in [0.15, 0.2) is 58.1 Å². The van der Waals surface area contributed by atoms with Crippen LogP contribution >= 0.6 is 0 Å². The summed E-state index contributed by atoms with van der Waals surface area (Å²) in [5.74, 6) is -1.04. The minimum absolute atomic E-state index is 0.118. The van der Waals surface area contributed by atoms with Crippen molar-refractivity contribution in [2.24, 2.45) is 0 Å². The molecule has 4 N–H and O–H groups in total. The lowest BCUT2D eigenvalue weighted by molar-refractivity contribution is -0.152. The number of para-hydroxylation sites is 1. The van der Waals surface area contributed by atoms with Gasteiger partial charge in [-0.2, -0.15) is 0 Å². The number of nitrogens with one attached hydrogen (secondary N) is 2. The van der Waals surface area contributed by atoms with Crippen LogP contribution in [0.2, 0.25) is 0 Å². The van der Waals surface area contributed by atoms with Gasteiger partial charge in [0.05, 0.1) is 30.1 Å². The van der Waals surface area contributed by atoms with Crippen molar-refractivity contribution >= 4 is 16.8 Å². The zero-order valence-electron chi connectivity index (χ0n) is 16.2. The number of ether oxygens (including phenoxy) is 1. The number of aliphatic hydroxyl groups is 2. The fourth-order valence-corrected chi connectivity index (χ4v) is 3.63. The largest absolute Gasteiger partial charge is 0.388 e. The molecule has 4 rings (SSSR count). The summed E-state index contributed by atoms with van der Waals surface area (Å²) in [6.07, 6.45) is -3.74. The number of amides is 1. The van der Waals surface area contributed by atoms with Crippen molar-refractivity contribution in [3.05, 3.63) is 80.7 Å². The Morgan fingerprint density at radius 1 is 1.13 bits per heavy atom. The molecular weight excluding hydrogens is 409 g/mol. The molecule has 0 unspecified atom stereocenters. The van der Waals surface area contributed by atoms with Crippen LogP contribution in [0.3, 0.4) is 0 Å². The lowest BCUT2D eigenvalue weighted by Gasteiger charge is -2.38. The zero-order chi connectivity index (χ0) is 22.1. The van der Waals surface area contributed by atoms with Gasteiger partial charge in [-0.15, -0.1) is 0 Å². The molecule has 0 aliphatic carbocycles. The summed E-state index contributed by atoms with van der Waals surface area (Å²) in [4.78, 5) is 38.9. The van der Waals surface area contributed by atoms with Crippen LogP contribution in [0.1, 0.15) is 10.4 Å². The van der Waals surface area contributed by atoms with Crippen molar-refractivity contribution in [3.8, 4) is 0 Å². The molecule has 3 aromatic rings. The van der Waals surface area contributed by atoms with E-state index >= 15 is 0 Å². The second-order valence-corrected chi connectivity index (χ2v) is 7.33. The van der Waals surface area contributed by atoms with E-state index in [0.717, 1.165) is 12.1 Å². The Bertz CT molecular complexity index is 1220. The molecule has 10 heteroatoms. The number of aliphatic hydroxyl groups excluding tert-OH is 2. The van der Waals surface area contributed by atoms with Crippen LogP contribution in [0.4, 0.5) is 4.39 Å². The van der Waals surface area contributed by atoms with Gasteiger partial charge in [-0.1, -0.05) is 12.1 Å². The molecule has 31 heavy (non-hydrogen) atoms. The summed E-state index contributed by atoms with van der Waals surface area (Å²) in [6.45, 7) is -0.237. The molecule has 1 saturated heterocycles. The molecule has 0 radical (unpaired) electrons. The van der Waals surface area contributed by atoms with E-state index in [2.05, 4.69) is 10.3 Å². The highest BCUT2D eigenvalue weighted by molar-refractivity contribution is 5.94. The molecule has 1 aromatic heterocycles. The van der Waals surface area contributed by atoms with E-state index in [-0.39, 0.29) is 18.7 Å². The first-order chi connectivity index (χ1) is 14.8. The number of halogens is 1.